The molecule has 3 nitrogen and oxygen atoms in total. The third-order valence-electron chi connectivity index (χ3n) is 3.07. The van der Waals surface area contributed by atoms with Crippen molar-refractivity contribution in [2.45, 2.75) is 32.6 Å². The monoisotopic (exact) mass is 213 g/mol. The summed E-state index contributed by atoms with van der Waals surface area (Å²) in [5, 5.41) is 9.14. The summed E-state index contributed by atoms with van der Waals surface area (Å²) in [5.74, 6) is 0. The van der Waals surface area contributed by atoms with Crippen LogP contribution in [0.25, 0.3) is 5.69 Å². The zero-order chi connectivity index (χ0) is 11.0. The number of hydrogen-bond donors (Lipinski definition) is 0. The Kier molecular flexibility index (Phi) is 2.24. The van der Waals surface area contributed by atoms with Crippen LogP contribution < -0.4 is 0 Å². The molecule has 0 saturated heterocycles. The van der Waals surface area contributed by atoms with Gasteiger partial charge in [0.25, 0.3) is 0 Å². The molecule has 0 amide bonds. The molecule has 1 aliphatic rings. The topological polar surface area (TPSA) is 30.7 Å². The zero-order valence-corrected chi connectivity index (χ0v) is 9.48. The Balaban J connectivity index is 2.03. The Hall–Kier alpha value is -1.64. The number of benzene rings is 1. The highest BCUT2D eigenvalue weighted by Gasteiger charge is 2.15. The van der Waals surface area contributed by atoms with Crippen LogP contribution >= 0.6 is 0 Å². The molecule has 0 saturated carbocycles. The van der Waals surface area contributed by atoms with Crippen LogP contribution in [0, 0.1) is 6.92 Å². The lowest BCUT2D eigenvalue weighted by Crippen LogP contribution is -2.00. The first kappa shape index (κ1) is 9.58. The molecular weight excluding hydrogens is 198 g/mol. The first-order chi connectivity index (χ1) is 7.83. The third kappa shape index (κ3) is 1.62. The molecule has 2 aromatic rings. The number of aromatic nitrogens is 3. The van der Waals surface area contributed by atoms with E-state index < -0.39 is 0 Å². The summed E-state index contributed by atoms with van der Waals surface area (Å²) in [5.41, 5.74) is 4.68. The van der Waals surface area contributed by atoms with E-state index in [1.807, 2.05) is 6.07 Å². The summed E-state index contributed by atoms with van der Waals surface area (Å²) in [6.07, 6.45) is 4.67. The van der Waals surface area contributed by atoms with Crippen LogP contribution in [0.5, 0.6) is 0 Å². The van der Waals surface area contributed by atoms with Gasteiger partial charge < -0.3 is 0 Å². The number of aryl methyl sites for hydroxylation is 3. The van der Waals surface area contributed by atoms with E-state index >= 15 is 0 Å². The number of rotatable bonds is 1. The van der Waals surface area contributed by atoms with Gasteiger partial charge in [-0.05, 0) is 50.3 Å². The van der Waals surface area contributed by atoms with Crippen LogP contribution in [0.3, 0.4) is 0 Å². The van der Waals surface area contributed by atoms with Crippen molar-refractivity contribution in [1.82, 2.24) is 15.0 Å². The molecular formula is C13H15N3. The predicted octanol–water partition coefficient (Wildman–Crippen LogP) is 2.45. The van der Waals surface area contributed by atoms with Gasteiger partial charge in [-0.3, -0.25) is 0 Å². The molecule has 1 aromatic heterocycles. The Bertz CT molecular complexity index is 490. The minimum atomic E-state index is 1.06. The molecule has 82 valence electrons. The van der Waals surface area contributed by atoms with Crippen molar-refractivity contribution in [3.8, 4) is 5.69 Å². The van der Waals surface area contributed by atoms with Gasteiger partial charge in [0, 0.05) is 0 Å². The minimum absolute atomic E-state index is 1.06. The average molecular weight is 213 g/mol. The molecule has 0 aliphatic heterocycles. The standard InChI is InChI=1S/C13H15N3/c1-10-5-4-6-11(9-10)16-14-12-7-2-3-8-13(12)15-16/h4-6,9H,2-3,7-8H2,1H3. The van der Waals surface area contributed by atoms with Crippen molar-refractivity contribution in [2.24, 2.45) is 0 Å². The highest BCUT2D eigenvalue weighted by molar-refractivity contribution is 5.34. The van der Waals surface area contributed by atoms with Crippen molar-refractivity contribution in [3.05, 3.63) is 41.2 Å². The van der Waals surface area contributed by atoms with Crippen LogP contribution in [0.4, 0.5) is 0 Å². The Morgan fingerprint density at radius 3 is 2.38 bits per heavy atom. The predicted molar refractivity (Wildman–Crippen MR) is 62.7 cm³/mol. The first-order valence-electron chi connectivity index (χ1n) is 5.85. The summed E-state index contributed by atoms with van der Waals surface area (Å²) in [4.78, 5) is 1.78. The molecule has 0 N–H and O–H groups in total. The van der Waals surface area contributed by atoms with Crippen molar-refractivity contribution in [3.63, 3.8) is 0 Å². The van der Waals surface area contributed by atoms with Crippen LogP contribution in [-0.2, 0) is 12.8 Å². The molecule has 1 aliphatic carbocycles. The molecule has 3 rings (SSSR count). The van der Waals surface area contributed by atoms with Gasteiger partial charge in [0.05, 0.1) is 17.1 Å². The SMILES string of the molecule is Cc1cccc(-n2nc3c(n2)CCCC3)c1. The zero-order valence-electron chi connectivity index (χ0n) is 9.48. The fourth-order valence-corrected chi connectivity index (χ4v) is 2.21. The normalized spacial score (nSPS) is 14.8. The maximum Gasteiger partial charge on any atom is 0.0863 e. The van der Waals surface area contributed by atoms with Gasteiger partial charge in [0.15, 0.2) is 0 Å². The highest BCUT2D eigenvalue weighted by atomic mass is 15.5. The number of hydrogen-bond acceptors (Lipinski definition) is 2. The summed E-state index contributed by atoms with van der Waals surface area (Å²) >= 11 is 0. The quantitative estimate of drug-likeness (QED) is 0.728. The van der Waals surface area contributed by atoms with Gasteiger partial charge in [0.2, 0.25) is 0 Å². The van der Waals surface area contributed by atoms with E-state index in [9.17, 15) is 0 Å². The van der Waals surface area contributed by atoms with Gasteiger partial charge in [-0.2, -0.15) is 15.0 Å². The molecule has 0 radical (unpaired) electrons. The Morgan fingerprint density at radius 2 is 1.75 bits per heavy atom. The fraction of sp³-hybridized carbons (Fsp3) is 0.385. The molecule has 1 heterocycles. The van der Waals surface area contributed by atoms with E-state index in [0.29, 0.717) is 0 Å². The molecule has 0 atom stereocenters. The van der Waals surface area contributed by atoms with Crippen LogP contribution in [0.1, 0.15) is 29.8 Å². The molecule has 3 heteroatoms. The van der Waals surface area contributed by atoms with Gasteiger partial charge >= 0.3 is 0 Å². The van der Waals surface area contributed by atoms with Crippen LogP contribution in [0.15, 0.2) is 24.3 Å². The smallest absolute Gasteiger partial charge is 0.0863 e. The van der Waals surface area contributed by atoms with E-state index in [-0.39, 0.29) is 0 Å². The second kappa shape index (κ2) is 3.74. The lowest BCUT2D eigenvalue weighted by Gasteiger charge is -2.04. The minimum Gasteiger partial charge on any atom is -0.153 e. The van der Waals surface area contributed by atoms with Gasteiger partial charge in [-0.25, -0.2) is 0 Å². The highest BCUT2D eigenvalue weighted by Crippen LogP contribution is 2.18. The average Bonchev–Trinajstić information content (AvgIpc) is 2.72. The van der Waals surface area contributed by atoms with E-state index in [1.54, 1.807) is 4.80 Å². The van der Waals surface area contributed by atoms with Crippen molar-refractivity contribution >= 4 is 0 Å². The lowest BCUT2D eigenvalue weighted by molar-refractivity contribution is 0.667. The molecule has 0 spiro atoms. The molecule has 16 heavy (non-hydrogen) atoms. The largest absolute Gasteiger partial charge is 0.153 e. The molecule has 0 bridgehead atoms. The summed E-state index contributed by atoms with van der Waals surface area (Å²) < 4.78 is 0. The van der Waals surface area contributed by atoms with Gasteiger partial charge in [-0.15, -0.1) is 0 Å². The molecule has 1 aromatic carbocycles. The fourth-order valence-electron chi connectivity index (χ4n) is 2.21. The summed E-state index contributed by atoms with van der Waals surface area (Å²) in [7, 11) is 0. The van der Waals surface area contributed by atoms with Crippen LogP contribution in [-0.4, -0.2) is 15.0 Å². The van der Waals surface area contributed by atoms with Crippen molar-refractivity contribution in [2.75, 3.05) is 0 Å². The van der Waals surface area contributed by atoms with Gasteiger partial charge in [-0.1, -0.05) is 12.1 Å². The van der Waals surface area contributed by atoms with Gasteiger partial charge in [0.1, 0.15) is 0 Å². The Labute approximate surface area is 95.1 Å². The molecule has 0 unspecified atom stereocenters. The number of nitrogens with zero attached hydrogens (tertiary/aromatic N) is 3. The molecule has 0 fully saturated rings. The maximum atomic E-state index is 4.57. The third-order valence-corrected chi connectivity index (χ3v) is 3.07. The summed E-state index contributed by atoms with van der Waals surface area (Å²) in [6, 6.07) is 8.31. The Morgan fingerprint density at radius 1 is 1.06 bits per heavy atom. The van der Waals surface area contributed by atoms with E-state index in [0.717, 1.165) is 18.5 Å². The lowest BCUT2D eigenvalue weighted by atomic mass is 10.0. The van der Waals surface area contributed by atoms with E-state index in [1.165, 1.54) is 29.8 Å². The number of fused-ring (bicyclic) bond motifs is 1. The van der Waals surface area contributed by atoms with Crippen molar-refractivity contribution < 1.29 is 0 Å². The summed E-state index contributed by atoms with van der Waals surface area (Å²) in [6.45, 7) is 2.09. The maximum absolute atomic E-state index is 4.57. The van der Waals surface area contributed by atoms with E-state index in [4.69, 9.17) is 0 Å². The second-order valence-corrected chi connectivity index (χ2v) is 4.43. The first-order valence-corrected chi connectivity index (χ1v) is 5.85. The second-order valence-electron chi connectivity index (χ2n) is 4.43. The van der Waals surface area contributed by atoms with Crippen molar-refractivity contribution in [1.29, 1.82) is 0 Å². The van der Waals surface area contributed by atoms with Crippen LogP contribution in [0.2, 0.25) is 0 Å². The van der Waals surface area contributed by atoms with E-state index in [2.05, 4.69) is 35.3 Å².